The Balaban J connectivity index is 0.00000250. The molecular formula is C34H54HgN4PS. The normalized spacial score (nSPS) is 13.0. The molecule has 41 heavy (non-hydrogen) atoms. The van der Waals surface area contributed by atoms with Crippen LogP contribution < -0.4 is 15.3 Å². The molecule has 7 heteroatoms. The summed E-state index contributed by atoms with van der Waals surface area (Å²) in [4.78, 5) is 1.23. The Labute approximate surface area is 270 Å². The molecule has 1 aromatic heterocycles. The van der Waals surface area contributed by atoms with Crippen molar-refractivity contribution in [2.45, 2.75) is 69.6 Å². The second-order valence-electron chi connectivity index (χ2n) is 9.12. The molecule has 0 radical (unpaired) electrons. The Hall–Kier alpha value is -1.65. The summed E-state index contributed by atoms with van der Waals surface area (Å²) in [6.45, 7) is 24.8. The van der Waals surface area contributed by atoms with Gasteiger partial charge in [-0.05, 0) is 87.5 Å². The fourth-order valence-corrected chi connectivity index (χ4v) is 6.69. The number of aryl methyl sites for hydroxylation is 1. The van der Waals surface area contributed by atoms with Crippen LogP contribution >= 0.6 is 18.0 Å². The predicted molar refractivity (Wildman–Crippen MR) is 190 cm³/mol. The zero-order chi connectivity index (χ0) is 31.4. The van der Waals surface area contributed by atoms with Crippen LogP contribution in [0.1, 0.15) is 57.7 Å². The Bertz CT molecular complexity index is 1270. The molecule has 1 unspecified atom stereocenters. The van der Waals surface area contributed by atoms with Gasteiger partial charge < -0.3 is 5.32 Å². The van der Waals surface area contributed by atoms with Crippen molar-refractivity contribution in [1.29, 1.82) is 0 Å². The third-order valence-corrected chi connectivity index (χ3v) is 9.44. The molecule has 0 spiro atoms. The first kappa shape index (κ1) is 39.3. The Morgan fingerprint density at radius 2 is 1.66 bits per heavy atom. The van der Waals surface area contributed by atoms with Crippen molar-refractivity contribution in [1.82, 2.24) is 19.8 Å². The molecule has 1 aromatic carbocycles. The van der Waals surface area contributed by atoms with E-state index >= 15 is 0 Å². The Morgan fingerprint density at radius 1 is 1.05 bits per heavy atom. The summed E-state index contributed by atoms with van der Waals surface area (Å²) in [7, 11) is -0.772. The van der Waals surface area contributed by atoms with Crippen molar-refractivity contribution in [3.63, 3.8) is 0 Å². The molecule has 2 N–H and O–H groups in total. The van der Waals surface area contributed by atoms with Gasteiger partial charge in [0.15, 0.2) is 0 Å². The summed E-state index contributed by atoms with van der Waals surface area (Å²) < 4.78 is 7.83. The van der Waals surface area contributed by atoms with Gasteiger partial charge in [0.1, 0.15) is 5.82 Å². The number of unbranched alkanes of at least 4 members (excludes halogenated alkanes) is 1. The van der Waals surface area contributed by atoms with E-state index in [-0.39, 0.29) is 0 Å². The maximum atomic E-state index is 4.69. The summed E-state index contributed by atoms with van der Waals surface area (Å²) in [5.74, 6) is 9.78. The van der Waals surface area contributed by atoms with E-state index in [0.717, 1.165) is 84.9 Å². The van der Waals surface area contributed by atoms with Gasteiger partial charge in [0, 0.05) is 23.3 Å². The van der Waals surface area contributed by atoms with E-state index in [1.807, 2.05) is 24.7 Å². The molecule has 223 valence electrons. The molecule has 1 atom stereocenters. The van der Waals surface area contributed by atoms with Gasteiger partial charge in [0.05, 0.1) is 11.9 Å². The van der Waals surface area contributed by atoms with Gasteiger partial charge in [0.2, 0.25) is 0 Å². The summed E-state index contributed by atoms with van der Waals surface area (Å²) >= 11 is 1.03. The van der Waals surface area contributed by atoms with Crippen molar-refractivity contribution in [3.8, 4) is 0 Å². The van der Waals surface area contributed by atoms with E-state index in [1.165, 1.54) is 32.6 Å². The van der Waals surface area contributed by atoms with Crippen LogP contribution in [0.3, 0.4) is 0 Å². The number of hydrogen-bond donors (Lipinski definition) is 2. The maximum absolute atomic E-state index is 4.69. The van der Waals surface area contributed by atoms with Gasteiger partial charge in [-0.1, -0.05) is 71.1 Å². The first-order valence-electron chi connectivity index (χ1n) is 14.5. The second kappa shape index (κ2) is 22.0. The summed E-state index contributed by atoms with van der Waals surface area (Å²) in [5.41, 5.74) is 6.00. The molecule has 0 fully saturated rings. The number of rotatable bonds is 12. The van der Waals surface area contributed by atoms with Gasteiger partial charge in [0.25, 0.3) is 0 Å². The number of aromatic nitrogens is 2. The van der Waals surface area contributed by atoms with Crippen LogP contribution in [-0.2, 0) is 26.1 Å². The predicted octanol–water partition coefficient (Wildman–Crippen LogP) is 8.47. The van der Waals surface area contributed by atoms with Crippen molar-refractivity contribution >= 4 is 40.8 Å². The van der Waals surface area contributed by atoms with Gasteiger partial charge in [-0.25, -0.2) is 4.68 Å². The van der Waals surface area contributed by atoms with E-state index in [2.05, 4.69) is 121 Å². The van der Waals surface area contributed by atoms with Crippen molar-refractivity contribution in [2.24, 2.45) is 0 Å². The summed E-state index contributed by atoms with van der Waals surface area (Å²) in [6, 6.07) is 8.39. The van der Waals surface area contributed by atoms with Crippen LogP contribution in [0.4, 0.5) is 0 Å². The fourth-order valence-electron chi connectivity index (χ4n) is 4.32. The molecule has 1 heterocycles. The van der Waals surface area contributed by atoms with E-state index in [9.17, 15) is 0 Å². The quantitative estimate of drug-likeness (QED) is 0.0568. The van der Waals surface area contributed by atoms with Crippen LogP contribution in [0.5, 0.6) is 0 Å². The van der Waals surface area contributed by atoms with Crippen molar-refractivity contribution in [2.75, 3.05) is 19.8 Å². The van der Waals surface area contributed by atoms with E-state index in [0.29, 0.717) is 0 Å². The number of nitrogens with zero attached hydrogens (tertiary/aromatic N) is 2. The molecule has 3 rings (SSSR count). The van der Waals surface area contributed by atoms with Crippen LogP contribution in [0.15, 0.2) is 90.0 Å². The van der Waals surface area contributed by atoms with E-state index in [4.69, 9.17) is 0 Å². The number of benzene rings is 1. The van der Waals surface area contributed by atoms with Gasteiger partial charge >= 0.3 is 30.6 Å². The minimum absolute atomic E-state index is 0.723. The van der Waals surface area contributed by atoms with Gasteiger partial charge in [-0.15, -0.1) is 22.6 Å². The molecule has 0 bridgehead atoms. The first-order chi connectivity index (χ1) is 19.7. The van der Waals surface area contributed by atoms with Crippen LogP contribution in [0.25, 0.3) is 5.82 Å². The zero-order valence-electron chi connectivity index (χ0n) is 26.9. The molecule has 0 saturated heterocycles. The fraction of sp³-hybridized carbons (Fsp3) is 0.382. The van der Waals surface area contributed by atoms with E-state index < -0.39 is 9.39 Å². The molecule has 4 nitrogen and oxygen atoms in total. The first-order valence-corrected chi connectivity index (χ1v) is 23.5. The topological polar surface area (TPSA) is 41.9 Å². The van der Waals surface area contributed by atoms with Crippen LogP contribution in [0, 0.1) is 13.8 Å². The van der Waals surface area contributed by atoms with Crippen LogP contribution in [0.2, 0.25) is 4.43 Å². The monoisotopic (exact) mass is 783 g/mol. The van der Waals surface area contributed by atoms with Crippen molar-refractivity contribution < 1.29 is 26.1 Å². The third-order valence-electron chi connectivity index (χ3n) is 6.36. The zero-order valence-corrected chi connectivity index (χ0v) is 34.2. The molecule has 0 aliphatic heterocycles. The minimum atomic E-state index is -1.50. The molecule has 1 aliphatic rings. The van der Waals surface area contributed by atoms with Gasteiger partial charge in [-0.2, -0.15) is 5.10 Å². The molecule has 0 amide bonds. The van der Waals surface area contributed by atoms with Crippen molar-refractivity contribution in [3.05, 3.63) is 96.4 Å². The number of hydrogen-bond acceptors (Lipinski definition) is 3. The summed E-state index contributed by atoms with van der Waals surface area (Å²) in [6.07, 6.45) is 13.0. The molecule has 1 aliphatic carbocycles. The average molecular weight is 782 g/mol. The Morgan fingerprint density at radius 3 is 2.24 bits per heavy atom. The number of nitrogens with one attached hydrogen (secondary N) is 2. The second-order valence-corrected chi connectivity index (χ2v) is 12.7. The standard InChI is InChI=1S/C29H41N4PS.C2H6.C2H4.CH3.Hg/c1-22-14-8-10-16-26(22)24(3)20-29(33-25(4)27(34-5)21-31-33)30-18-12-13-19-32-35(6,7)28-17-11-9-15-23(28)2;2*1-2;;/h9,11,14-17,20-21,30,32,34H,3,6-8,10,12-13,18-19H2,1-2,4-5H3;1-2H3;1-2H2;1H3;/b29-20-;;;;. The van der Waals surface area contributed by atoms with E-state index in [1.54, 1.807) is 0 Å². The number of allylic oxidation sites excluding steroid dienone is 6. The average Bonchev–Trinajstić information content (AvgIpc) is 3.37. The van der Waals surface area contributed by atoms with Gasteiger partial charge in [-0.3, -0.25) is 4.72 Å². The Kier molecular flexibility index (Phi) is 21.1. The summed E-state index contributed by atoms with van der Waals surface area (Å²) in [5, 5.41) is 9.62. The third kappa shape index (κ3) is 12.6. The molecule has 0 saturated carbocycles. The molecular weight excluding hydrogens is 728 g/mol. The molecule has 2 aromatic rings. The SMILES string of the molecule is C=C.C=C(/C=C(/NCCCCNS(=C)(=C)c1ccccc1C)n1ncc(PC)c1C)C1=CCCC=C1C.CC.[CH3][Hg]. The van der Waals surface area contributed by atoms with Crippen LogP contribution in [-0.4, -0.2) is 41.3 Å².